The van der Waals surface area contributed by atoms with E-state index in [0.717, 1.165) is 18.8 Å². The van der Waals surface area contributed by atoms with Crippen LogP contribution in [0.3, 0.4) is 0 Å². The van der Waals surface area contributed by atoms with Crippen molar-refractivity contribution in [3.63, 3.8) is 0 Å². The first-order chi connectivity index (χ1) is 17.4. The Balaban J connectivity index is 1.42. The number of methoxy groups -OCH3 is 2. The highest BCUT2D eigenvalue weighted by Gasteiger charge is 2.21. The molecular formula is C27H30FN5O3. The molecule has 2 N–H and O–H groups in total. The normalized spacial score (nSPS) is 17.8. The topological polar surface area (TPSA) is 88.6 Å². The maximum Gasteiger partial charge on any atom is 0.338 e. The van der Waals surface area contributed by atoms with Crippen LogP contribution in [-0.2, 0) is 4.74 Å². The Hall–Kier alpha value is -3.98. The highest BCUT2D eigenvalue weighted by molar-refractivity contribution is 5.91. The van der Waals surface area contributed by atoms with Gasteiger partial charge < -0.3 is 25.0 Å². The van der Waals surface area contributed by atoms with Gasteiger partial charge in [-0.1, -0.05) is 12.2 Å². The Morgan fingerprint density at radius 2 is 1.75 bits per heavy atom. The van der Waals surface area contributed by atoms with Crippen LogP contribution in [0.5, 0.6) is 5.75 Å². The second-order valence-corrected chi connectivity index (χ2v) is 8.79. The van der Waals surface area contributed by atoms with Crippen molar-refractivity contribution in [2.75, 3.05) is 37.5 Å². The van der Waals surface area contributed by atoms with Crippen LogP contribution in [0.25, 0.3) is 12.2 Å². The van der Waals surface area contributed by atoms with E-state index in [1.165, 1.54) is 38.1 Å². The molecule has 0 saturated carbocycles. The van der Waals surface area contributed by atoms with Crippen molar-refractivity contribution in [2.24, 2.45) is 0 Å². The zero-order valence-electron chi connectivity index (χ0n) is 20.8. The van der Waals surface area contributed by atoms with E-state index in [0.29, 0.717) is 23.6 Å². The number of rotatable bonds is 7. The van der Waals surface area contributed by atoms with Gasteiger partial charge in [0.25, 0.3) is 0 Å². The molecule has 4 rings (SSSR count). The number of piperazine rings is 1. The van der Waals surface area contributed by atoms with E-state index in [4.69, 9.17) is 9.47 Å². The third kappa shape index (κ3) is 5.98. The molecule has 1 aromatic heterocycles. The van der Waals surface area contributed by atoms with Gasteiger partial charge in [-0.3, -0.25) is 0 Å². The fourth-order valence-electron chi connectivity index (χ4n) is 4.22. The molecule has 8 nitrogen and oxygen atoms in total. The minimum Gasteiger partial charge on any atom is -0.494 e. The molecular weight excluding hydrogens is 461 g/mol. The van der Waals surface area contributed by atoms with Crippen LogP contribution in [-0.4, -0.2) is 55.3 Å². The maximum atomic E-state index is 14.6. The van der Waals surface area contributed by atoms with Crippen LogP contribution in [0, 0.1) is 5.82 Å². The second kappa shape index (κ2) is 11.2. The number of nitrogens with one attached hydrogen (secondary N) is 2. The fraction of sp³-hybridized carbons (Fsp3) is 0.296. The Kier molecular flexibility index (Phi) is 7.80. The van der Waals surface area contributed by atoms with Crippen LogP contribution in [0.4, 0.5) is 21.7 Å². The summed E-state index contributed by atoms with van der Waals surface area (Å²) in [5.41, 5.74) is 3.11. The molecule has 1 fully saturated rings. The van der Waals surface area contributed by atoms with Gasteiger partial charge in [0, 0.05) is 60.1 Å². The lowest BCUT2D eigenvalue weighted by atomic mass is 10.1. The molecule has 2 atom stereocenters. The molecule has 36 heavy (non-hydrogen) atoms. The van der Waals surface area contributed by atoms with E-state index in [1.807, 2.05) is 12.1 Å². The van der Waals surface area contributed by atoms with Gasteiger partial charge in [-0.2, -0.15) is 0 Å². The lowest BCUT2D eigenvalue weighted by molar-refractivity contribution is 0.0600. The Morgan fingerprint density at radius 1 is 1.08 bits per heavy atom. The number of halogens is 1. The first-order valence-electron chi connectivity index (χ1n) is 11.7. The summed E-state index contributed by atoms with van der Waals surface area (Å²) in [6.07, 6.45) is 6.45. The summed E-state index contributed by atoms with van der Waals surface area (Å²) in [6, 6.07) is 11.8. The Labute approximate surface area is 210 Å². The number of anilines is 3. The summed E-state index contributed by atoms with van der Waals surface area (Å²) < 4.78 is 24.4. The SMILES string of the molecule is COC(=O)c1cc(/C=C/c2cnc(Nc3ccc(N4CC(C)NC(C)C4)cc3)nc2)c(F)c(OC)c1. The van der Waals surface area contributed by atoms with E-state index in [1.54, 1.807) is 18.5 Å². The summed E-state index contributed by atoms with van der Waals surface area (Å²) in [5.74, 6) is -0.745. The van der Waals surface area contributed by atoms with Gasteiger partial charge in [0.1, 0.15) is 0 Å². The summed E-state index contributed by atoms with van der Waals surface area (Å²) in [4.78, 5) is 23.0. The lowest BCUT2D eigenvalue weighted by Crippen LogP contribution is -2.54. The van der Waals surface area contributed by atoms with Crippen molar-refractivity contribution in [1.82, 2.24) is 15.3 Å². The zero-order valence-corrected chi connectivity index (χ0v) is 20.8. The molecule has 2 unspecified atom stereocenters. The quantitative estimate of drug-likeness (QED) is 0.467. The van der Waals surface area contributed by atoms with E-state index < -0.39 is 11.8 Å². The number of esters is 1. The van der Waals surface area contributed by atoms with Crippen molar-refractivity contribution in [2.45, 2.75) is 25.9 Å². The molecule has 3 aromatic rings. The van der Waals surface area contributed by atoms with Crippen molar-refractivity contribution in [3.05, 3.63) is 71.3 Å². The minimum atomic E-state index is -0.577. The van der Waals surface area contributed by atoms with Crippen LogP contribution in [0.2, 0.25) is 0 Å². The molecule has 2 heterocycles. The first-order valence-corrected chi connectivity index (χ1v) is 11.7. The Morgan fingerprint density at radius 3 is 2.36 bits per heavy atom. The molecule has 1 aliphatic rings. The van der Waals surface area contributed by atoms with Crippen LogP contribution in [0.1, 0.15) is 35.3 Å². The monoisotopic (exact) mass is 491 g/mol. The number of benzene rings is 2. The smallest absolute Gasteiger partial charge is 0.338 e. The van der Waals surface area contributed by atoms with Gasteiger partial charge in [-0.15, -0.1) is 0 Å². The van der Waals surface area contributed by atoms with Crippen LogP contribution in [0.15, 0.2) is 48.8 Å². The van der Waals surface area contributed by atoms with E-state index in [2.05, 4.69) is 51.5 Å². The summed E-state index contributed by atoms with van der Waals surface area (Å²) in [6.45, 7) is 6.33. The van der Waals surface area contributed by atoms with Crippen LogP contribution >= 0.6 is 0 Å². The molecule has 9 heteroatoms. The lowest BCUT2D eigenvalue weighted by Gasteiger charge is -2.37. The van der Waals surface area contributed by atoms with E-state index >= 15 is 0 Å². The van der Waals surface area contributed by atoms with Crippen molar-refractivity contribution in [1.29, 1.82) is 0 Å². The number of hydrogen-bond donors (Lipinski definition) is 2. The minimum absolute atomic E-state index is 0.0413. The maximum absolute atomic E-state index is 14.6. The van der Waals surface area contributed by atoms with Crippen LogP contribution < -0.4 is 20.3 Å². The number of ether oxygens (including phenoxy) is 2. The third-order valence-corrected chi connectivity index (χ3v) is 5.88. The van der Waals surface area contributed by atoms with Gasteiger partial charge in [-0.25, -0.2) is 19.2 Å². The summed E-state index contributed by atoms with van der Waals surface area (Å²) >= 11 is 0. The molecule has 0 spiro atoms. The molecule has 1 aliphatic heterocycles. The van der Waals surface area contributed by atoms with Gasteiger partial charge in [0.2, 0.25) is 5.95 Å². The Bertz CT molecular complexity index is 1220. The van der Waals surface area contributed by atoms with E-state index in [-0.39, 0.29) is 16.9 Å². The summed E-state index contributed by atoms with van der Waals surface area (Å²) in [5, 5.41) is 6.74. The van der Waals surface area contributed by atoms with Crippen molar-refractivity contribution in [3.8, 4) is 5.75 Å². The van der Waals surface area contributed by atoms with Crippen molar-refractivity contribution >= 4 is 35.4 Å². The van der Waals surface area contributed by atoms with Gasteiger partial charge in [-0.05, 0) is 50.2 Å². The van der Waals surface area contributed by atoms with E-state index in [9.17, 15) is 9.18 Å². The second-order valence-electron chi connectivity index (χ2n) is 8.79. The molecule has 1 saturated heterocycles. The van der Waals surface area contributed by atoms with Gasteiger partial charge in [0.15, 0.2) is 11.6 Å². The third-order valence-electron chi connectivity index (χ3n) is 5.88. The molecule has 188 valence electrons. The first kappa shape index (κ1) is 25.1. The zero-order chi connectivity index (χ0) is 25.7. The molecule has 2 aromatic carbocycles. The predicted octanol–water partition coefficient (Wildman–Crippen LogP) is 4.51. The number of hydrogen-bond acceptors (Lipinski definition) is 8. The average Bonchev–Trinajstić information content (AvgIpc) is 2.88. The largest absolute Gasteiger partial charge is 0.494 e. The summed E-state index contributed by atoms with van der Waals surface area (Å²) in [7, 11) is 2.61. The molecule has 0 radical (unpaired) electrons. The standard InChI is InChI=1S/C27H30FN5O3/c1-17-15-33(16-18(2)31-17)23-9-7-22(8-10-23)32-27-29-13-19(14-30-27)5-6-20-11-21(26(34)36-4)12-24(35-3)25(20)28/h5-14,17-18,31H,15-16H2,1-4H3,(H,29,30,32)/b6-5+. The highest BCUT2D eigenvalue weighted by Crippen LogP contribution is 2.26. The van der Waals surface area contributed by atoms with Crippen molar-refractivity contribution < 1.29 is 18.7 Å². The highest BCUT2D eigenvalue weighted by atomic mass is 19.1. The number of nitrogens with zero attached hydrogens (tertiary/aromatic N) is 3. The van der Waals surface area contributed by atoms with Gasteiger partial charge in [0.05, 0.1) is 19.8 Å². The molecule has 0 aliphatic carbocycles. The number of aromatic nitrogens is 2. The fourth-order valence-corrected chi connectivity index (χ4v) is 4.22. The average molecular weight is 492 g/mol. The predicted molar refractivity (Wildman–Crippen MR) is 139 cm³/mol. The number of carbonyl (C=O) groups is 1. The van der Waals surface area contributed by atoms with Gasteiger partial charge >= 0.3 is 5.97 Å². The molecule has 0 bridgehead atoms. The number of carbonyl (C=O) groups excluding carboxylic acids is 1. The molecule has 0 amide bonds.